The van der Waals surface area contributed by atoms with Crippen LogP contribution in [0.2, 0.25) is 0 Å². The lowest BCUT2D eigenvalue weighted by Crippen LogP contribution is -2.20. The molecule has 0 aliphatic heterocycles. The summed E-state index contributed by atoms with van der Waals surface area (Å²) in [6.07, 6.45) is 0.297. The zero-order valence-electron chi connectivity index (χ0n) is 7.87. The van der Waals surface area contributed by atoms with Gasteiger partial charge in [-0.3, -0.25) is 4.79 Å². The third kappa shape index (κ3) is 1.59. The first-order chi connectivity index (χ1) is 6.79. The summed E-state index contributed by atoms with van der Waals surface area (Å²) < 4.78 is 0. The Morgan fingerprint density at radius 1 is 1.50 bits per heavy atom. The SMILES string of the molecule is CNC(=O)Cc1nc2ccccc2[nH]1. The molecule has 0 saturated carbocycles. The number of carbonyl (C=O) groups is 1. The predicted molar refractivity (Wildman–Crippen MR) is 53.9 cm³/mol. The van der Waals surface area contributed by atoms with Gasteiger partial charge in [0, 0.05) is 7.05 Å². The van der Waals surface area contributed by atoms with E-state index in [1.165, 1.54) is 0 Å². The lowest BCUT2D eigenvalue weighted by Gasteiger charge is -1.93. The molecule has 1 amide bonds. The van der Waals surface area contributed by atoms with E-state index in [1.54, 1.807) is 7.05 Å². The summed E-state index contributed by atoms with van der Waals surface area (Å²) in [5.41, 5.74) is 1.86. The summed E-state index contributed by atoms with van der Waals surface area (Å²) in [5.74, 6) is 0.662. The van der Waals surface area contributed by atoms with Crippen molar-refractivity contribution in [2.75, 3.05) is 7.05 Å². The molecule has 0 aliphatic rings. The van der Waals surface area contributed by atoms with Crippen LogP contribution in [0.4, 0.5) is 0 Å². The van der Waals surface area contributed by atoms with Gasteiger partial charge >= 0.3 is 0 Å². The van der Waals surface area contributed by atoms with Crippen LogP contribution < -0.4 is 5.32 Å². The number of amides is 1. The Morgan fingerprint density at radius 3 is 3.00 bits per heavy atom. The van der Waals surface area contributed by atoms with Gasteiger partial charge in [-0.15, -0.1) is 0 Å². The van der Waals surface area contributed by atoms with Crippen LogP contribution >= 0.6 is 0 Å². The minimum Gasteiger partial charge on any atom is -0.359 e. The molecule has 0 saturated heterocycles. The van der Waals surface area contributed by atoms with Crippen LogP contribution in [0, 0.1) is 0 Å². The molecule has 0 bridgehead atoms. The van der Waals surface area contributed by atoms with E-state index in [0.717, 1.165) is 11.0 Å². The van der Waals surface area contributed by atoms with E-state index in [2.05, 4.69) is 15.3 Å². The maximum Gasteiger partial charge on any atom is 0.227 e. The summed E-state index contributed by atoms with van der Waals surface area (Å²) in [5, 5.41) is 2.56. The topological polar surface area (TPSA) is 57.8 Å². The fourth-order valence-electron chi connectivity index (χ4n) is 1.33. The molecule has 14 heavy (non-hydrogen) atoms. The number of H-pyrrole nitrogens is 1. The first kappa shape index (κ1) is 8.74. The van der Waals surface area contributed by atoms with Gasteiger partial charge in [-0.05, 0) is 12.1 Å². The number of carbonyl (C=O) groups excluding carboxylic acids is 1. The average Bonchev–Trinajstić information content (AvgIpc) is 2.59. The lowest BCUT2D eigenvalue weighted by molar-refractivity contribution is -0.120. The Balaban J connectivity index is 2.31. The van der Waals surface area contributed by atoms with Crippen molar-refractivity contribution >= 4 is 16.9 Å². The van der Waals surface area contributed by atoms with Gasteiger partial charge in [-0.25, -0.2) is 4.98 Å². The Morgan fingerprint density at radius 2 is 2.29 bits per heavy atom. The summed E-state index contributed by atoms with van der Waals surface area (Å²) in [7, 11) is 1.62. The van der Waals surface area contributed by atoms with Gasteiger partial charge in [0.05, 0.1) is 17.5 Å². The molecule has 0 atom stereocenters. The van der Waals surface area contributed by atoms with Gasteiger partial charge in [0.25, 0.3) is 0 Å². The summed E-state index contributed by atoms with van der Waals surface area (Å²) in [6, 6.07) is 7.71. The fourth-order valence-corrected chi connectivity index (χ4v) is 1.33. The van der Waals surface area contributed by atoms with Crippen LogP contribution in [-0.2, 0) is 11.2 Å². The average molecular weight is 189 g/mol. The highest BCUT2D eigenvalue weighted by molar-refractivity contribution is 5.80. The maximum absolute atomic E-state index is 11.1. The molecule has 2 aromatic rings. The number of rotatable bonds is 2. The molecule has 2 rings (SSSR count). The largest absolute Gasteiger partial charge is 0.359 e. The summed E-state index contributed by atoms with van der Waals surface area (Å²) in [4.78, 5) is 18.5. The third-order valence-corrected chi connectivity index (χ3v) is 2.05. The second-order valence-electron chi connectivity index (χ2n) is 3.05. The third-order valence-electron chi connectivity index (χ3n) is 2.05. The molecule has 0 radical (unpaired) electrons. The van der Waals surface area contributed by atoms with Crippen molar-refractivity contribution in [3.05, 3.63) is 30.1 Å². The number of likely N-dealkylation sites (N-methyl/N-ethyl adjacent to an activating group) is 1. The number of imidazole rings is 1. The molecule has 4 heteroatoms. The second kappa shape index (κ2) is 3.49. The minimum atomic E-state index is -0.0379. The minimum absolute atomic E-state index is 0.0379. The van der Waals surface area contributed by atoms with Gasteiger partial charge in [-0.2, -0.15) is 0 Å². The lowest BCUT2D eigenvalue weighted by atomic mass is 10.3. The molecule has 1 aromatic carbocycles. The zero-order chi connectivity index (χ0) is 9.97. The number of fused-ring (bicyclic) bond motifs is 1. The van der Waals surface area contributed by atoms with Crippen LogP contribution in [0.25, 0.3) is 11.0 Å². The van der Waals surface area contributed by atoms with Crippen LogP contribution in [0.3, 0.4) is 0 Å². The highest BCUT2D eigenvalue weighted by Gasteiger charge is 2.05. The zero-order valence-corrected chi connectivity index (χ0v) is 7.87. The Bertz CT molecular complexity index is 428. The molecule has 0 spiro atoms. The molecular formula is C10H11N3O. The van der Waals surface area contributed by atoms with E-state index in [4.69, 9.17) is 0 Å². The Hall–Kier alpha value is -1.84. The molecular weight excluding hydrogens is 178 g/mol. The highest BCUT2D eigenvalue weighted by atomic mass is 16.1. The monoisotopic (exact) mass is 189 g/mol. The van der Waals surface area contributed by atoms with E-state index in [1.807, 2.05) is 24.3 Å². The van der Waals surface area contributed by atoms with E-state index >= 15 is 0 Å². The van der Waals surface area contributed by atoms with Gasteiger partial charge < -0.3 is 10.3 Å². The number of aromatic amines is 1. The highest BCUT2D eigenvalue weighted by Crippen LogP contribution is 2.10. The van der Waals surface area contributed by atoms with Gasteiger partial charge in [-0.1, -0.05) is 12.1 Å². The number of para-hydroxylation sites is 2. The summed E-state index contributed by atoms with van der Waals surface area (Å²) in [6.45, 7) is 0. The fraction of sp³-hybridized carbons (Fsp3) is 0.200. The molecule has 0 fully saturated rings. The summed E-state index contributed by atoms with van der Waals surface area (Å²) >= 11 is 0. The van der Waals surface area contributed by atoms with Gasteiger partial charge in [0.1, 0.15) is 5.82 Å². The van der Waals surface area contributed by atoms with Crippen LogP contribution in [0.15, 0.2) is 24.3 Å². The van der Waals surface area contributed by atoms with Crippen LogP contribution in [0.1, 0.15) is 5.82 Å². The first-order valence-corrected chi connectivity index (χ1v) is 4.44. The predicted octanol–water partition coefficient (Wildman–Crippen LogP) is 0.851. The normalized spacial score (nSPS) is 10.4. The first-order valence-electron chi connectivity index (χ1n) is 4.44. The van der Waals surface area contributed by atoms with Gasteiger partial charge in [0.2, 0.25) is 5.91 Å². The Labute approximate surface area is 81.3 Å². The van der Waals surface area contributed by atoms with E-state index in [0.29, 0.717) is 12.2 Å². The number of benzene rings is 1. The molecule has 0 unspecified atom stereocenters. The van der Waals surface area contributed by atoms with Crippen molar-refractivity contribution in [3.63, 3.8) is 0 Å². The molecule has 1 aromatic heterocycles. The molecule has 0 aliphatic carbocycles. The van der Waals surface area contributed by atoms with Crippen molar-refractivity contribution in [2.24, 2.45) is 0 Å². The van der Waals surface area contributed by atoms with E-state index in [9.17, 15) is 4.79 Å². The quantitative estimate of drug-likeness (QED) is 0.735. The number of nitrogens with zero attached hydrogens (tertiary/aromatic N) is 1. The molecule has 1 heterocycles. The van der Waals surface area contributed by atoms with Crippen molar-refractivity contribution in [2.45, 2.75) is 6.42 Å². The van der Waals surface area contributed by atoms with E-state index in [-0.39, 0.29) is 5.91 Å². The smallest absolute Gasteiger partial charge is 0.227 e. The Kier molecular flexibility index (Phi) is 2.18. The van der Waals surface area contributed by atoms with Crippen molar-refractivity contribution < 1.29 is 4.79 Å². The van der Waals surface area contributed by atoms with Crippen molar-refractivity contribution in [1.82, 2.24) is 15.3 Å². The number of aromatic nitrogens is 2. The van der Waals surface area contributed by atoms with Crippen LogP contribution in [0.5, 0.6) is 0 Å². The van der Waals surface area contributed by atoms with Crippen LogP contribution in [-0.4, -0.2) is 22.9 Å². The molecule has 4 nitrogen and oxygen atoms in total. The van der Waals surface area contributed by atoms with E-state index < -0.39 is 0 Å². The second-order valence-corrected chi connectivity index (χ2v) is 3.05. The standard InChI is InChI=1S/C10H11N3O/c1-11-10(14)6-9-12-7-4-2-3-5-8(7)13-9/h2-5H,6H2,1H3,(H,11,14)(H,12,13). The van der Waals surface area contributed by atoms with Crippen molar-refractivity contribution in [1.29, 1.82) is 0 Å². The van der Waals surface area contributed by atoms with Crippen molar-refractivity contribution in [3.8, 4) is 0 Å². The molecule has 72 valence electrons. The molecule has 2 N–H and O–H groups in total. The number of nitrogens with one attached hydrogen (secondary N) is 2. The van der Waals surface area contributed by atoms with Gasteiger partial charge in [0.15, 0.2) is 0 Å². The maximum atomic E-state index is 11.1. The number of hydrogen-bond acceptors (Lipinski definition) is 2. The number of hydrogen-bond donors (Lipinski definition) is 2.